The molecule has 2 aromatic carbocycles. The van der Waals surface area contributed by atoms with Crippen LogP contribution in [0.1, 0.15) is 6.42 Å². The molecule has 2 N–H and O–H groups in total. The Labute approximate surface area is 194 Å². The van der Waals surface area contributed by atoms with Crippen LogP contribution in [-0.4, -0.2) is 80.4 Å². The zero-order valence-electron chi connectivity index (χ0n) is 18.5. The fourth-order valence-electron chi connectivity index (χ4n) is 4.00. The molecule has 1 aliphatic rings. The van der Waals surface area contributed by atoms with Crippen LogP contribution in [0.2, 0.25) is 0 Å². The van der Waals surface area contributed by atoms with Gasteiger partial charge in [0, 0.05) is 55.9 Å². The van der Waals surface area contributed by atoms with E-state index in [2.05, 4.69) is 14.6 Å². The van der Waals surface area contributed by atoms with E-state index in [1.807, 2.05) is 41.3 Å². The Hall–Kier alpha value is -2.56. The Morgan fingerprint density at radius 2 is 1.82 bits per heavy atom. The van der Waals surface area contributed by atoms with Crippen LogP contribution in [0.15, 0.2) is 71.9 Å². The van der Waals surface area contributed by atoms with Crippen molar-refractivity contribution in [2.45, 2.75) is 17.5 Å². The molecule has 9 heteroatoms. The van der Waals surface area contributed by atoms with Crippen LogP contribution in [0.4, 0.5) is 0 Å². The number of rotatable bonds is 10. The van der Waals surface area contributed by atoms with Gasteiger partial charge >= 0.3 is 0 Å². The molecule has 4 rings (SSSR count). The zero-order chi connectivity index (χ0) is 23.1. The van der Waals surface area contributed by atoms with E-state index in [1.54, 1.807) is 30.6 Å². The van der Waals surface area contributed by atoms with Crippen molar-refractivity contribution in [3.63, 3.8) is 0 Å². The number of aromatic nitrogens is 1. The number of sulfonamides is 1. The lowest BCUT2D eigenvalue weighted by atomic mass is 10.2. The number of piperazine rings is 1. The summed E-state index contributed by atoms with van der Waals surface area (Å²) in [4.78, 5) is 8.48. The minimum absolute atomic E-state index is 0.0608. The number of hydrogen-bond donors (Lipinski definition) is 2. The van der Waals surface area contributed by atoms with Gasteiger partial charge in [-0.2, -0.15) is 0 Å². The maximum absolute atomic E-state index is 12.9. The van der Waals surface area contributed by atoms with Gasteiger partial charge in [-0.1, -0.05) is 30.3 Å². The van der Waals surface area contributed by atoms with E-state index in [9.17, 15) is 13.5 Å². The molecular weight excluding hydrogens is 440 g/mol. The number of hydrogen-bond acceptors (Lipinski definition) is 7. The average Bonchev–Trinajstić information content (AvgIpc) is 2.86. The third kappa shape index (κ3) is 6.27. The monoisotopic (exact) mass is 470 g/mol. The third-order valence-electron chi connectivity index (χ3n) is 5.85. The first-order chi connectivity index (χ1) is 16.0. The average molecular weight is 471 g/mol. The lowest BCUT2D eigenvalue weighted by molar-refractivity contribution is -0.0213. The molecule has 1 aromatic heterocycles. The second kappa shape index (κ2) is 11.0. The Morgan fingerprint density at radius 3 is 2.61 bits per heavy atom. The third-order valence-corrected chi connectivity index (χ3v) is 7.33. The highest BCUT2D eigenvalue weighted by Crippen LogP contribution is 2.21. The molecule has 0 amide bonds. The molecule has 0 radical (unpaired) electrons. The van der Waals surface area contributed by atoms with Gasteiger partial charge in [0.15, 0.2) is 0 Å². The fraction of sp³-hybridized carbons (Fsp3) is 0.375. The van der Waals surface area contributed by atoms with Gasteiger partial charge in [0.1, 0.15) is 12.0 Å². The topological polar surface area (TPSA) is 95.0 Å². The second-order valence-corrected chi connectivity index (χ2v) is 9.81. The number of fused-ring (bicyclic) bond motifs is 1. The van der Waals surface area contributed by atoms with Crippen LogP contribution in [-0.2, 0) is 10.0 Å². The molecule has 0 saturated carbocycles. The van der Waals surface area contributed by atoms with Crippen LogP contribution >= 0.6 is 0 Å². The maximum atomic E-state index is 12.9. The van der Waals surface area contributed by atoms with Crippen molar-refractivity contribution in [2.75, 3.05) is 45.9 Å². The number of benzene rings is 2. The summed E-state index contributed by atoms with van der Waals surface area (Å²) in [6.45, 7) is 4.55. The van der Waals surface area contributed by atoms with E-state index < -0.39 is 16.3 Å². The second-order valence-electron chi connectivity index (χ2n) is 8.08. The predicted octanol–water partition coefficient (Wildman–Crippen LogP) is 1.92. The molecule has 1 fully saturated rings. The van der Waals surface area contributed by atoms with Crippen LogP contribution in [0.3, 0.4) is 0 Å². The molecule has 0 spiro atoms. The van der Waals surface area contributed by atoms with Gasteiger partial charge in [0.05, 0.1) is 18.0 Å². The van der Waals surface area contributed by atoms with Gasteiger partial charge < -0.3 is 14.7 Å². The van der Waals surface area contributed by atoms with Crippen LogP contribution < -0.4 is 9.46 Å². The highest BCUT2D eigenvalue weighted by molar-refractivity contribution is 7.89. The zero-order valence-corrected chi connectivity index (χ0v) is 19.3. The van der Waals surface area contributed by atoms with E-state index in [0.29, 0.717) is 25.1 Å². The van der Waals surface area contributed by atoms with Gasteiger partial charge in [-0.05, 0) is 30.7 Å². The summed E-state index contributed by atoms with van der Waals surface area (Å²) in [5.74, 6) is 0.882. The van der Waals surface area contributed by atoms with E-state index in [1.165, 1.54) is 0 Å². The minimum Gasteiger partial charge on any atom is -0.494 e. The molecule has 1 saturated heterocycles. The highest BCUT2D eigenvalue weighted by atomic mass is 32.2. The van der Waals surface area contributed by atoms with Gasteiger partial charge in [0.2, 0.25) is 10.0 Å². The SMILES string of the molecule is O=S(=O)(NCC(O)N1CCN(CCCOc2ccccc2)CC1)c1cccc2cnccc12. The van der Waals surface area contributed by atoms with Crippen molar-refractivity contribution in [1.82, 2.24) is 19.5 Å². The summed E-state index contributed by atoms with van der Waals surface area (Å²) in [6, 6.07) is 16.5. The van der Waals surface area contributed by atoms with Crippen molar-refractivity contribution in [1.29, 1.82) is 0 Å². The molecule has 1 atom stereocenters. The molecule has 33 heavy (non-hydrogen) atoms. The number of ether oxygens (including phenoxy) is 1. The Balaban J connectivity index is 1.21. The first-order valence-corrected chi connectivity index (χ1v) is 12.7. The van der Waals surface area contributed by atoms with E-state index >= 15 is 0 Å². The molecule has 1 unspecified atom stereocenters. The number of pyridine rings is 1. The smallest absolute Gasteiger partial charge is 0.241 e. The number of aliphatic hydroxyl groups is 1. The van der Waals surface area contributed by atoms with Gasteiger partial charge in [-0.3, -0.25) is 9.88 Å². The first-order valence-electron chi connectivity index (χ1n) is 11.2. The number of aliphatic hydroxyl groups excluding tert-OH is 1. The summed E-state index contributed by atoms with van der Waals surface area (Å²) in [6.07, 6.45) is 3.26. The molecule has 176 valence electrons. The maximum Gasteiger partial charge on any atom is 0.241 e. The van der Waals surface area contributed by atoms with Crippen molar-refractivity contribution in [2.24, 2.45) is 0 Å². The lowest BCUT2D eigenvalue weighted by Gasteiger charge is -2.37. The van der Waals surface area contributed by atoms with Crippen LogP contribution in [0.25, 0.3) is 10.8 Å². The summed E-state index contributed by atoms with van der Waals surface area (Å²) in [7, 11) is -3.76. The van der Waals surface area contributed by atoms with Crippen molar-refractivity contribution in [3.8, 4) is 5.75 Å². The van der Waals surface area contributed by atoms with Crippen molar-refractivity contribution < 1.29 is 18.3 Å². The molecule has 3 aromatic rings. The molecule has 0 bridgehead atoms. The Bertz CT molecular complexity index is 1130. The molecule has 0 aliphatic carbocycles. The van der Waals surface area contributed by atoms with E-state index in [-0.39, 0.29) is 11.4 Å². The van der Waals surface area contributed by atoms with E-state index in [0.717, 1.165) is 37.2 Å². The minimum atomic E-state index is -3.76. The first kappa shape index (κ1) is 23.6. The molecule has 1 aliphatic heterocycles. The number of para-hydroxylation sites is 1. The van der Waals surface area contributed by atoms with E-state index in [4.69, 9.17) is 4.74 Å². The van der Waals surface area contributed by atoms with Crippen LogP contribution in [0, 0.1) is 0 Å². The summed E-state index contributed by atoms with van der Waals surface area (Å²) >= 11 is 0. The van der Waals surface area contributed by atoms with Crippen LogP contribution in [0.5, 0.6) is 5.75 Å². The van der Waals surface area contributed by atoms with Gasteiger partial charge in [0.25, 0.3) is 0 Å². The normalized spacial score (nSPS) is 16.6. The number of nitrogens with one attached hydrogen (secondary N) is 1. The highest BCUT2D eigenvalue weighted by Gasteiger charge is 2.24. The predicted molar refractivity (Wildman–Crippen MR) is 128 cm³/mol. The van der Waals surface area contributed by atoms with Crippen molar-refractivity contribution >= 4 is 20.8 Å². The molecule has 8 nitrogen and oxygen atoms in total. The standard InChI is InChI=1S/C24H30N4O4S/c29-24(19-26-33(30,31)23-9-4-6-20-18-25-11-10-22(20)23)28-15-13-27(14-16-28)12-5-17-32-21-7-2-1-3-8-21/h1-4,6-11,18,24,26,29H,5,12-17,19H2. The fourth-order valence-corrected chi connectivity index (χ4v) is 5.26. The molecule has 2 heterocycles. The quantitative estimate of drug-likeness (QED) is 0.437. The largest absolute Gasteiger partial charge is 0.494 e. The van der Waals surface area contributed by atoms with Gasteiger partial charge in [-0.25, -0.2) is 13.1 Å². The number of nitrogens with zero attached hydrogens (tertiary/aromatic N) is 3. The lowest BCUT2D eigenvalue weighted by Crippen LogP contribution is -2.53. The van der Waals surface area contributed by atoms with Gasteiger partial charge in [-0.15, -0.1) is 0 Å². The Kier molecular flexibility index (Phi) is 7.89. The summed E-state index contributed by atoms with van der Waals surface area (Å²) in [5.41, 5.74) is 0. The van der Waals surface area contributed by atoms with Crippen molar-refractivity contribution in [3.05, 3.63) is 67.0 Å². The summed E-state index contributed by atoms with van der Waals surface area (Å²) < 4.78 is 34.0. The Morgan fingerprint density at radius 1 is 1.03 bits per heavy atom. The molecular formula is C24H30N4O4S. The summed E-state index contributed by atoms with van der Waals surface area (Å²) in [5, 5.41) is 11.9.